The van der Waals surface area contributed by atoms with E-state index in [1.807, 2.05) is 0 Å². The van der Waals surface area contributed by atoms with Crippen LogP contribution in [-0.2, 0) is 19.1 Å². The Labute approximate surface area is 100 Å². The van der Waals surface area contributed by atoms with E-state index in [4.69, 9.17) is 14.6 Å². The molecular weight excluding hydrogens is 226 g/mol. The third kappa shape index (κ3) is 5.14. The SMILES string of the molecule is C[C@@H](OCCCC(=O)N1CCOCC1)C(=O)O. The van der Waals surface area contributed by atoms with Gasteiger partial charge in [0.15, 0.2) is 6.10 Å². The maximum absolute atomic E-state index is 11.7. The fourth-order valence-electron chi connectivity index (χ4n) is 1.53. The van der Waals surface area contributed by atoms with Crippen molar-refractivity contribution in [2.45, 2.75) is 25.9 Å². The van der Waals surface area contributed by atoms with Crippen LogP contribution >= 0.6 is 0 Å². The zero-order valence-corrected chi connectivity index (χ0v) is 10.1. The van der Waals surface area contributed by atoms with E-state index in [1.165, 1.54) is 6.92 Å². The first-order valence-electron chi connectivity index (χ1n) is 5.81. The average molecular weight is 245 g/mol. The van der Waals surface area contributed by atoms with E-state index in [0.717, 1.165) is 0 Å². The van der Waals surface area contributed by atoms with Crippen LogP contribution in [0, 0.1) is 0 Å². The molecule has 6 nitrogen and oxygen atoms in total. The summed E-state index contributed by atoms with van der Waals surface area (Å²) in [5.41, 5.74) is 0. The zero-order valence-electron chi connectivity index (χ0n) is 10.1. The van der Waals surface area contributed by atoms with Crippen LogP contribution in [0.5, 0.6) is 0 Å². The van der Waals surface area contributed by atoms with E-state index >= 15 is 0 Å². The largest absolute Gasteiger partial charge is 0.479 e. The molecule has 6 heteroatoms. The van der Waals surface area contributed by atoms with Crippen LogP contribution in [-0.4, -0.2) is 60.9 Å². The highest BCUT2D eigenvalue weighted by atomic mass is 16.5. The van der Waals surface area contributed by atoms with E-state index < -0.39 is 12.1 Å². The third-order valence-corrected chi connectivity index (χ3v) is 2.61. The summed E-state index contributed by atoms with van der Waals surface area (Å²) in [6.07, 6.45) is 0.133. The van der Waals surface area contributed by atoms with Gasteiger partial charge in [-0.05, 0) is 13.3 Å². The number of hydrogen-bond donors (Lipinski definition) is 1. The lowest BCUT2D eigenvalue weighted by Gasteiger charge is -2.26. The summed E-state index contributed by atoms with van der Waals surface area (Å²) in [4.78, 5) is 23.9. The second-order valence-electron chi connectivity index (χ2n) is 3.95. The molecule has 0 unspecified atom stereocenters. The summed E-state index contributed by atoms with van der Waals surface area (Å²) in [6, 6.07) is 0. The molecule has 1 rings (SSSR count). The maximum Gasteiger partial charge on any atom is 0.332 e. The Morgan fingerprint density at radius 2 is 2.06 bits per heavy atom. The van der Waals surface area contributed by atoms with Gasteiger partial charge in [-0.3, -0.25) is 4.79 Å². The number of aliphatic carboxylic acids is 1. The molecule has 1 aliphatic heterocycles. The first-order chi connectivity index (χ1) is 8.11. The number of carbonyl (C=O) groups is 2. The molecule has 0 radical (unpaired) electrons. The Kier molecular flexibility index (Phi) is 5.93. The van der Waals surface area contributed by atoms with Crippen molar-refractivity contribution in [3.63, 3.8) is 0 Å². The minimum atomic E-state index is -0.982. The van der Waals surface area contributed by atoms with Crippen molar-refractivity contribution >= 4 is 11.9 Å². The zero-order chi connectivity index (χ0) is 12.7. The monoisotopic (exact) mass is 245 g/mol. The molecule has 1 saturated heterocycles. The van der Waals surface area contributed by atoms with Gasteiger partial charge in [-0.25, -0.2) is 4.79 Å². The molecule has 0 spiro atoms. The van der Waals surface area contributed by atoms with Gasteiger partial charge in [0.25, 0.3) is 0 Å². The number of amides is 1. The minimum Gasteiger partial charge on any atom is -0.479 e. The summed E-state index contributed by atoms with van der Waals surface area (Å²) in [6.45, 7) is 4.25. The third-order valence-electron chi connectivity index (χ3n) is 2.61. The Balaban J connectivity index is 2.09. The average Bonchev–Trinajstić information content (AvgIpc) is 2.35. The second-order valence-corrected chi connectivity index (χ2v) is 3.95. The molecule has 0 aliphatic carbocycles. The van der Waals surface area contributed by atoms with E-state index in [-0.39, 0.29) is 5.91 Å². The number of hydrogen-bond acceptors (Lipinski definition) is 4. The number of morpholine rings is 1. The molecule has 1 N–H and O–H groups in total. The van der Waals surface area contributed by atoms with E-state index in [1.54, 1.807) is 4.90 Å². The molecule has 0 bridgehead atoms. The molecule has 1 atom stereocenters. The molecule has 98 valence electrons. The van der Waals surface area contributed by atoms with Gasteiger partial charge in [0.1, 0.15) is 0 Å². The smallest absolute Gasteiger partial charge is 0.332 e. The van der Waals surface area contributed by atoms with Gasteiger partial charge in [-0.15, -0.1) is 0 Å². The Hall–Kier alpha value is -1.14. The standard InChI is InChI=1S/C11H19NO5/c1-9(11(14)15)17-6-2-3-10(13)12-4-7-16-8-5-12/h9H,2-8H2,1H3,(H,14,15)/t9-/m1/s1. The van der Waals surface area contributed by atoms with Crippen LogP contribution < -0.4 is 0 Å². The summed E-state index contributed by atoms with van der Waals surface area (Å²) >= 11 is 0. The van der Waals surface area contributed by atoms with Crippen molar-refractivity contribution in [3.05, 3.63) is 0 Å². The Morgan fingerprint density at radius 3 is 2.65 bits per heavy atom. The molecule has 1 aliphatic rings. The van der Waals surface area contributed by atoms with Crippen LogP contribution in [0.15, 0.2) is 0 Å². The summed E-state index contributed by atoms with van der Waals surface area (Å²) in [5.74, 6) is -0.899. The molecule has 0 aromatic carbocycles. The quantitative estimate of drug-likeness (QED) is 0.672. The van der Waals surface area contributed by atoms with Crippen molar-refractivity contribution in [1.29, 1.82) is 0 Å². The number of carboxylic acid groups (broad SMARTS) is 1. The van der Waals surface area contributed by atoms with E-state index in [9.17, 15) is 9.59 Å². The summed E-state index contributed by atoms with van der Waals surface area (Å²) in [7, 11) is 0. The molecule has 0 aromatic rings. The van der Waals surface area contributed by atoms with Gasteiger partial charge < -0.3 is 19.5 Å². The lowest BCUT2D eigenvalue weighted by Crippen LogP contribution is -2.40. The lowest BCUT2D eigenvalue weighted by molar-refractivity contribution is -0.149. The highest BCUT2D eigenvalue weighted by Gasteiger charge is 2.16. The fraction of sp³-hybridized carbons (Fsp3) is 0.818. The molecular formula is C11H19NO5. The molecule has 0 aromatic heterocycles. The van der Waals surface area contributed by atoms with Gasteiger partial charge in [0, 0.05) is 26.1 Å². The predicted molar refractivity (Wildman–Crippen MR) is 59.7 cm³/mol. The Bertz CT molecular complexity index is 263. The van der Waals surface area contributed by atoms with Gasteiger partial charge >= 0.3 is 5.97 Å². The molecule has 1 amide bonds. The Morgan fingerprint density at radius 1 is 1.41 bits per heavy atom. The van der Waals surface area contributed by atoms with Crippen LogP contribution in [0.25, 0.3) is 0 Å². The van der Waals surface area contributed by atoms with Crippen molar-refractivity contribution in [2.75, 3.05) is 32.9 Å². The van der Waals surface area contributed by atoms with Gasteiger partial charge in [0.2, 0.25) is 5.91 Å². The van der Waals surface area contributed by atoms with Crippen LogP contribution in [0.1, 0.15) is 19.8 Å². The topological polar surface area (TPSA) is 76.1 Å². The number of nitrogens with zero attached hydrogens (tertiary/aromatic N) is 1. The van der Waals surface area contributed by atoms with Crippen molar-refractivity contribution < 1.29 is 24.2 Å². The predicted octanol–water partition coefficient (Wildman–Crippen LogP) is 0.115. The summed E-state index contributed by atoms with van der Waals surface area (Å²) < 4.78 is 10.2. The first kappa shape index (κ1) is 13.9. The van der Waals surface area contributed by atoms with Gasteiger partial charge in [0.05, 0.1) is 13.2 Å². The highest BCUT2D eigenvalue weighted by molar-refractivity contribution is 5.76. The van der Waals surface area contributed by atoms with Crippen molar-refractivity contribution in [1.82, 2.24) is 4.90 Å². The van der Waals surface area contributed by atoms with Crippen molar-refractivity contribution in [2.24, 2.45) is 0 Å². The molecule has 17 heavy (non-hydrogen) atoms. The number of rotatable bonds is 6. The van der Waals surface area contributed by atoms with E-state index in [0.29, 0.717) is 45.8 Å². The fourth-order valence-corrected chi connectivity index (χ4v) is 1.53. The molecule has 1 fully saturated rings. The summed E-state index contributed by atoms with van der Waals surface area (Å²) in [5, 5.41) is 8.58. The number of carbonyl (C=O) groups excluding carboxylic acids is 1. The van der Waals surface area contributed by atoms with Crippen LogP contribution in [0.4, 0.5) is 0 Å². The first-order valence-corrected chi connectivity index (χ1v) is 5.81. The van der Waals surface area contributed by atoms with Gasteiger partial charge in [-0.2, -0.15) is 0 Å². The maximum atomic E-state index is 11.7. The second kappa shape index (κ2) is 7.24. The normalized spacial score (nSPS) is 17.8. The van der Waals surface area contributed by atoms with Crippen molar-refractivity contribution in [3.8, 4) is 0 Å². The van der Waals surface area contributed by atoms with Gasteiger partial charge in [-0.1, -0.05) is 0 Å². The van der Waals surface area contributed by atoms with E-state index in [2.05, 4.69) is 0 Å². The van der Waals surface area contributed by atoms with Crippen LogP contribution in [0.3, 0.4) is 0 Å². The lowest BCUT2D eigenvalue weighted by atomic mass is 10.2. The minimum absolute atomic E-state index is 0.0832. The highest BCUT2D eigenvalue weighted by Crippen LogP contribution is 2.03. The van der Waals surface area contributed by atoms with Crippen LogP contribution in [0.2, 0.25) is 0 Å². The molecule has 0 saturated carbocycles. The number of ether oxygens (including phenoxy) is 2. The number of carboxylic acids is 1. The molecule has 1 heterocycles.